The van der Waals surface area contributed by atoms with Crippen LogP contribution < -0.4 is 26.6 Å². The smallest absolute Gasteiger partial charge is 0.408 e. The van der Waals surface area contributed by atoms with Gasteiger partial charge in [-0.2, -0.15) is 0 Å². The molecule has 0 spiro atoms. The summed E-state index contributed by atoms with van der Waals surface area (Å²) in [5, 5.41) is 13.8. The second-order valence-corrected chi connectivity index (χ2v) is 16.8. The van der Waals surface area contributed by atoms with Gasteiger partial charge in [-0.05, 0) is 84.6 Å². The zero-order valence-electron chi connectivity index (χ0n) is 35.2. The molecule has 1 aromatic rings. The second-order valence-electron chi connectivity index (χ2n) is 16.8. The summed E-state index contributed by atoms with van der Waals surface area (Å²) < 4.78 is 16.1. The summed E-state index contributed by atoms with van der Waals surface area (Å²) in [4.78, 5) is 80.2. The average Bonchev–Trinajstić information content (AvgIpc) is 3.08. The molecule has 5 N–H and O–H groups in total. The Morgan fingerprint density at radius 3 is 1.95 bits per heavy atom. The Balaban J connectivity index is 2.17. The summed E-state index contributed by atoms with van der Waals surface area (Å²) >= 11 is 0. The van der Waals surface area contributed by atoms with Gasteiger partial charge in [0.25, 0.3) is 5.91 Å². The lowest BCUT2D eigenvalue weighted by Crippen LogP contribution is -2.65. The van der Waals surface area contributed by atoms with E-state index in [1.165, 1.54) is 7.11 Å². The molecule has 56 heavy (non-hydrogen) atoms. The molecule has 1 aromatic carbocycles. The molecule has 1 aliphatic heterocycles. The Morgan fingerprint density at radius 2 is 1.38 bits per heavy atom. The number of nitrogens with one attached hydrogen (secondary N) is 5. The molecule has 5 atom stereocenters. The number of hydrogen-bond acceptors (Lipinski definition) is 9. The van der Waals surface area contributed by atoms with Gasteiger partial charge in [0, 0.05) is 26.7 Å². The number of carbonyl (C=O) groups is 6. The number of unbranched alkanes of at least 4 members (excludes halogenated alkanes) is 1. The fourth-order valence-electron chi connectivity index (χ4n) is 5.89. The van der Waals surface area contributed by atoms with Crippen LogP contribution in [0.5, 0.6) is 0 Å². The summed E-state index contributed by atoms with van der Waals surface area (Å²) in [6, 6.07) is 6.34. The predicted molar refractivity (Wildman–Crippen MR) is 214 cm³/mol. The van der Waals surface area contributed by atoms with Crippen molar-refractivity contribution in [2.24, 2.45) is 11.8 Å². The van der Waals surface area contributed by atoms with Crippen molar-refractivity contribution in [3.05, 3.63) is 42.0 Å². The lowest BCUT2D eigenvalue weighted by Gasteiger charge is -2.44. The molecule has 314 valence electrons. The topological polar surface area (TPSA) is 194 Å². The number of methoxy groups -OCH3 is 1. The van der Waals surface area contributed by atoms with E-state index in [9.17, 15) is 28.8 Å². The first-order chi connectivity index (χ1) is 26.1. The van der Waals surface area contributed by atoms with E-state index in [0.717, 1.165) is 5.56 Å². The first-order valence-corrected chi connectivity index (χ1v) is 19.5. The van der Waals surface area contributed by atoms with Gasteiger partial charge in [-0.3, -0.25) is 19.2 Å². The molecule has 15 nitrogen and oxygen atoms in total. The maximum Gasteiger partial charge on any atom is 0.408 e. The Morgan fingerprint density at radius 1 is 0.768 bits per heavy atom. The number of carbonyl (C=O) groups excluding carboxylic acids is 6. The SMILES string of the molecule is COC1C(=O)N(CCNC(=O)[C@H](CCCCNC(=O)OC(C)(C)C)NC(=O)[C@H](CC(C)C)NC(=O)[C@H](NC(=O)OC(C)(C)C)C(C)C)C1/C=C/c1ccccc1. The molecular weight excluding hydrogens is 720 g/mol. The minimum Gasteiger partial charge on any atom is -0.444 e. The summed E-state index contributed by atoms with van der Waals surface area (Å²) in [5.74, 6) is -2.13. The van der Waals surface area contributed by atoms with E-state index in [2.05, 4.69) is 26.6 Å². The van der Waals surface area contributed by atoms with Gasteiger partial charge in [-0.1, -0.05) is 70.2 Å². The second kappa shape index (κ2) is 22.2. The third kappa shape index (κ3) is 17.0. The molecule has 2 unspecified atom stereocenters. The molecule has 1 fully saturated rings. The molecule has 0 saturated carbocycles. The molecule has 0 bridgehead atoms. The van der Waals surface area contributed by atoms with Crippen molar-refractivity contribution < 1.29 is 43.0 Å². The lowest BCUT2D eigenvalue weighted by atomic mass is 9.96. The van der Waals surface area contributed by atoms with E-state index in [-0.39, 0.29) is 49.7 Å². The molecular formula is C41H66N6O9. The van der Waals surface area contributed by atoms with Crippen LogP contribution in [0.15, 0.2) is 36.4 Å². The van der Waals surface area contributed by atoms with Crippen molar-refractivity contribution in [1.29, 1.82) is 0 Å². The van der Waals surface area contributed by atoms with Crippen molar-refractivity contribution >= 4 is 41.9 Å². The standard InChI is InChI=1S/C41H66N6O9/c1-26(2)25-30(45-36(50)32(27(3)4)46-39(53)56-41(8,9)10)35(49)44-29(19-15-16-22-43-38(52)55-40(5,6)7)34(48)42-23-24-47-31(33(54-11)37(47)51)21-20-28-17-13-12-14-18-28/h12-14,17-18,20-21,26-27,29-33H,15-16,19,22-25H2,1-11H3,(H,42,48)(H,43,52)(H,44,49)(H,45,50)(H,46,53)/b21-20+/t29-,30-,31?,32+,33?/m0/s1. The van der Waals surface area contributed by atoms with Crippen molar-refractivity contribution in [3.8, 4) is 0 Å². The van der Waals surface area contributed by atoms with Crippen LogP contribution >= 0.6 is 0 Å². The molecule has 1 saturated heterocycles. The van der Waals surface area contributed by atoms with Crippen LogP contribution in [0.3, 0.4) is 0 Å². The first kappa shape index (κ1) is 47.5. The van der Waals surface area contributed by atoms with Gasteiger partial charge in [0.2, 0.25) is 17.7 Å². The molecule has 0 radical (unpaired) electrons. The lowest BCUT2D eigenvalue weighted by molar-refractivity contribution is -0.165. The van der Waals surface area contributed by atoms with Crippen LogP contribution in [0.2, 0.25) is 0 Å². The normalized spacial score (nSPS) is 17.4. The van der Waals surface area contributed by atoms with Crippen LogP contribution in [0, 0.1) is 11.8 Å². The Bertz CT molecular complexity index is 1490. The monoisotopic (exact) mass is 786 g/mol. The maximum absolute atomic E-state index is 13.9. The highest BCUT2D eigenvalue weighted by molar-refractivity contribution is 5.94. The number of amides is 6. The highest BCUT2D eigenvalue weighted by Gasteiger charge is 2.45. The van der Waals surface area contributed by atoms with Crippen molar-refractivity contribution in [2.45, 2.75) is 136 Å². The first-order valence-electron chi connectivity index (χ1n) is 19.5. The zero-order chi connectivity index (χ0) is 42.2. The molecule has 2 rings (SSSR count). The van der Waals surface area contributed by atoms with E-state index in [0.29, 0.717) is 19.4 Å². The largest absolute Gasteiger partial charge is 0.444 e. The number of benzene rings is 1. The number of ether oxygens (including phenoxy) is 3. The van der Waals surface area contributed by atoms with Crippen LogP contribution in [0.4, 0.5) is 9.59 Å². The van der Waals surface area contributed by atoms with E-state index < -0.39 is 65.3 Å². The third-order valence-corrected chi connectivity index (χ3v) is 8.57. The maximum atomic E-state index is 13.9. The van der Waals surface area contributed by atoms with E-state index in [1.807, 2.05) is 56.3 Å². The minimum absolute atomic E-state index is 0.0116. The van der Waals surface area contributed by atoms with Crippen molar-refractivity contribution in [3.63, 3.8) is 0 Å². The van der Waals surface area contributed by atoms with E-state index in [1.54, 1.807) is 60.3 Å². The Kier molecular flexibility index (Phi) is 18.8. The Hall–Kier alpha value is -4.66. The number of likely N-dealkylation sites (tertiary alicyclic amines) is 1. The zero-order valence-corrected chi connectivity index (χ0v) is 35.2. The number of rotatable bonds is 20. The fourth-order valence-corrected chi connectivity index (χ4v) is 5.89. The number of alkyl carbamates (subject to hydrolysis) is 2. The molecule has 0 aliphatic carbocycles. The van der Waals surface area contributed by atoms with E-state index >= 15 is 0 Å². The van der Waals surface area contributed by atoms with Crippen LogP contribution in [-0.2, 0) is 33.4 Å². The summed E-state index contributed by atoms with van der Waals surface area (Å²) in [7, 11) is 1.48. The average molecular weight is 787 g/mol. The predicted octanol–water partition coefficient (Wildman–Crippen LogP) is 4.30. The van der Waals surface area contributed by atoms with Gasteiger partial charge in [0.15, 0.2) is 6.10 Å². The van der Waals surface area contributed by atoms with Gasteiger partial charge in [0.1, 0.15) is 29.3 Å². The van der Waals surface area contributed by atoms with Gasteiger partial charge in [0.05, 0.1) is 6.04 Å². The van der Waals surface area contributed by atoms with E-state index in [4.69, 9.17) is 14.2 Å². The number of nitrogens with zero attached hydrogens (tertiary/aromatic N) is 1. The summed E-state index contributed by atoms with van der Waals surface area (Å²) in [6.07, 6.45) is 3.31. The highest BCUT2D eigenvalue weighted by Crippen LogP contribution is 2.24. The van der Waals surface area contributed by atoms with Gasteiger partial charge in [-0.15, -0.1) is 0 Å². The molecule has 15 heteroatoms. The molecule has 0 aromatic heterocycles. The quantitative estimate of drug-likeness (QED) is 0.0947. The molecule has 1 aliphatic rings. The third-order valence-electron chi connectivity index (χ3n) is 8.57. The fraction of sp³-hybridized carbons (Fsp3) is 0.659. The number of hydrogen-bond donors (Lipinski definition) is 5. The van der Waals surface area contributed by atoms with Crippen LogP contribution in [0.1, 0.15) is 100 Å². The van der Waals surface area contributed by atoms with Gasteiger partial charge >= 0.3 is 12.2 Å². The number of β-lactam (4-membered cyclic amide) rings is 1. The van der Waals surface area contributed by atoms with Crippen LogP contribution in [0.25, 0.3) is 6.08 Å². The highest BCUT2D eigenvalue weighted by atomic mass is 16.6. The van der Waals surface area contributed by atoms with Gasteiger partial charge in [-0.25, -0.2) is 9.59 Å². The summed E-state index contributed by atoms with van der Waals surface area (Å²) in [6.45, 7) is 18.4. The molecule has 6 amide bonds. The summed E-state index contributed by atoms with van der Waals surface area (Å²) in [5.41, 5.74) is -0.452. The Labute approximate surface area is 332 Å². The minimum atomic E-state index is -1.02. The van der Waals surface area contributed by atoms with Gasteiger partial charge < -0.3 is 45.7 Å². The van der Waals surface area contributed by atoms with Crippen LogP contribution in [-0.4, -0.2) is 109 Å². The molecule has 1 heterocycles. The van der Waals surface area contributed by atoms with Crippen molar-refractivity contribution in [1.82, 2.24) is 31.5 Å². The van der Waals surface area contributed by atoms with Crippen molar-refractivity contribution in [2.75, 3.05) is 26.7 Å².